The second kappa shape index (κ2) is 5.92. The van der Waals surface area contributed by atoms with Gasteiger partial charge in [0.15, 0.2) is 0 Å². The number of aromatic nitrogens is 2. The Morgan fingerprint density at radius 3 is 3.00 bits per heavy atom. The summed E-state index contributed by atoms with van der Waals surface area (Å²) in [6.07, 6.45) is 7.30. The zero-order valence-electron chi connectivity index (χ0n) is 12.7. The summed E-state index contributed by atoms with van der Waals surface area (Å²) in [5.74, 6) is 0.196. The normalized spacial score (nSPS) is 24.7. The van der Waals surface area contributed by atoms with Crippen molar-refractivity contribution in [3.05, 3.63) is 29.9 Å². The van der Waals surface area contributed by atoms with Crippen LogP contribution < -0.4 is 11.1 Å². The van der Waals surface area contributed by atoms with E-state index in [1.54, 1.807) is 11.0 Å². The lowest BCUT2D eigenvalue weighted by Crippen LogP contribution is -2.40. The molecule has 22 heavy (non-hydrogen) atoms. The number of primary amides is 1. The summed E-state index contributed by atoms with van der Waals surface area (Å²) in [5, 5.41) is 3.33. The molecule has 118 valence electrons. The first-order valence-corrected chi connectivity index (χ1v) is 7.62. The number of fused-ring (bicyclic) bond motifs is 1. The van der Waals surface area contributed by atoms with Gasteiger partial charge in [0.05, 0.1) is 18.8 Å². The molecule has 3 heterocycles. The lowest BCUT2D eigenvalue weighted by atomic mass is 10.2. The molecule has 0 aliphatic carbocycles. The van der Waals surface area contributed by atoms with Gasteiger partial charge < -0.3 is 20.5 Å². The fourth-order valence-electron chi connectivity index (χ4n) is 3.17. The molecule has 0 aromatic carbocycles. The van der Waals surface area contributed by atoms with Crippen LogP contribution in [0.3, 0.4) is 0 Å². The van der Waals surface area contributed by atoms with Gasteiger partial charge in [0, 0.05) is 18.7 Å². The molecule has 3 rings (SSSR count). The Balaban J connectivity index is 1.72. The number of nitrogens with zero attached hydrogens (tertiary/aromatic N) is 3. The first kappa shape index (κ1) is 14.8. The van der Waals surface area contributed by atoms with Crippen molar-refractivity contribution in [2.75, 3.05) is 13.1 Å². The maximum Gasteiger partial charge on any atom is 0.266 e. The molecule has 0 bridgehead atoms. The number of rotatable bonds is 3. The van der Waals surface area contributed by atoms with Crippen molar-refractivity contribution in [2.45, 2.75) is 38.4 Å². The van der Waals surface area contributed by atoms with Gasteiger partial charge in [-0.25, -0.2) is 4.98 Å². The summed E-state index contributed by atoms with van der Waals surface area (Å²) in [6, 6.07) is 0.283. The van der Waals surface area contributed by atoms with Crippen LogP contribution in [-0.2, 0) is 11.3 Å². The molecule has 0 radical (unpaired) electrons. The minimum Gasteiger partial charge on any atom is -0.364 e. The summed E-state index contributed by atoms with van der Waals surface area (Å²) >= 11 is 0. The molecule has 2 unspecified atom stereocenters. The topological polar surface area (TPSA) is 93.2 Å². The maximum absolute atomic E-state index is 12.3. The van der Waals surface area contributed by atoms with Crippen LogP contribution in [0.1, 0.15) is 42.1 Å². The Morgan fingerprint density at radius 1 is 1.50 bits per heavy atom. The largest absolute Gasteiger partial charge is 0.364 e. The van der Waals surface area contributed by atoms with Crippen molar-refractivity contribution in [3.63, 3.8) is 0 Å². The van der Waals surface area contributed by atoms with Crippen LogP contribution >= 0.6 is 0 Å². The van der Waals surface area contributed by atoms with E-state index >= 15 is 0 Å². The monoisotopic (exact) mass is 303 g/mol. The predicted molar refractivity (Wildman–Crippen MR) is 81.0 cm³/mol. The van der Waals surface area contributed by atoms with E-state index in [0.29, 0.717) is 30.6 Å². The van der Waals surface area contributed by atoms with Crippen molar-refractivity contribution >= 4 is 11.8 Å². The van der Waals surface area contributed by atoms with E-state index in [0.717, 1.165) is 19.4 Å². The second-order valence-electron chi connectivity index (χ2n) is 5.92. The number of amides is 2. The van der Waals surface area contributed by atoms with Crippen LogP contribution in [0.5, 0.6) is 0 Å². The predicted octanol–water partition coefficient (Wildman–Crippen LogP) is 0.193. The number of carbonyl (C=O) groups is 2. The highest BCUT2D eigenvalue weighted by atomic mass is 16.2. The Hall–Kier alpha value is -2.15. The summed E-state index contributed by atoms with van der Waals surface area (Å²) < 4.78 is 1.83. The third-order valence-corrected chi connectivity index (χ3v) is 4.26. The number of hydrogen-bond acceptors (Lipinski definition) is 4. The van der Waals surface area contributed by atoms with Gasteiger partial charge in [-0.3, -0.25) is 9.59 Å². The number of hydrogen-bond donors (Lipinski definition) is 2. The lowest BCUT2D eigenvalue weighted by molar-refractivity contribution is -0.128. The fraction of sp³-hybridized carbons (Fsp3) is 0.533. The van der Waals surface area contributed by atoms with Gasteiger partial charge in [0.25, 0.3) is 5.91 Å². The third kappa shape index (κ3) is 2.76. The average molecular weight is 303 g/mol. The van der Waals surface area contributed by atoms with Crippen LogP contribution in [-0.4, -0.2) is 45.4 Å². The summed E-state index contributed by atoms with van der Waals surface area (Å²) in [7, 11) is 0. The minimum atomic E-state index is -0.488. The first-order valence-electron chi connectivity index (χ1n) is 7.62. The number of imidazole rings is 1. The SMILES string of the molecule is CC1CN(C(=O)/C=C/C2CCCN2)Cc2ncc(C(N)=O)n21. The maximum atomic E-state index is 12.3. The molecule has 1 aromatic rings. The molecule has 0 spiro atoms. The number of nitrogens with one attached hydrogen (secondary N) is 1. The highest BCUT2D eigenvalue weighted by Gasteiger charge is 2.28. The average Bonchev–Trinajstić information content (AvgIpc) is 3.13. The number of carbonyl (C=O) groups excluding carboxylic acids is 2. The van der Waals surface area contributed by atoms with E-state index < -0.39 is 5.91 Å². The lowest BCUT2D eigenvalue weighted by Gasteiger charge is -2.32. The van der Waals surface area contributed by atoms with Gasteiger partial charge >= 0.3 is 0 Å². The summed E-state index contributed by atoms with van der Waals surface area (Å²) in [4.78, 5) is 29.7. The van der Waals surface area contributed by atoms with E-state index in [2.05, 4.69) is 10.3 Å². The summed E-state index contributed by atoms with van der Waals surface area (Å²) in [6.45, 7) is 3.92. The van der Waals surface area contributed by atoms with Crippen molar-refractivity contribution < 1.29 is 9.59 Å². The first-order chi connectivity index (χ1) is 10.6. The molecule has 2 aliphatic rings. The molecule has 0 saturated carbocycles. The van der Waals surface area contributed by atoms with E-state index in [1.165, 1.54) is 6.20 Å². The van der Waals surface area contributed by atoms with Crippen molar-refractivity contribution in [1.29, 1.82) is 0 Å². The van der Waals surface area contributed by atoms with E-state index in [9.17, 15) is 9.59 Å². The zero-order valence-corrected chi connectivity index (χ0v) is 12.7. The van der Waals surface area contributed by atoms with E-state index in [-0.39, 0.29) is 11.9 Å². The van der Waals surface area contributed by atoms with Gasteiger partial charge in [-0.2, -0.15) is 0 Å². The Morgan fingerprint density at radius 2 is 2.32 bits per heavy atom. The van der Waals surface area contributed by atoms with Gasteiger partial charge in [-0.05, 0) is 26.3 Å². The molecule has 1 fully saturated rings. The smallest absolute Gasteiger partial charge is 0.266 e. The molecular formula is C15H21N5O2. The van der Waals surface area contributed by atoms with Crippen LogP contribution in [0.2, 0.25) is 0 Å². The van der Waals surface area contributed by atoms with E-state index in [4.69, 9.17) is 5.73 Å². The molecule has 1 aromatic heterocycles. The zero-order chi connectivity index (χ0) is 15.7. The van der Waals surface area contributed by atoms with Crippen LogP contribution in [0.25, 0.3) is 0 Å². The van der Waals surface area contributed by atoms with Crippen LogP contribution in [0, 0.1) is 0 Å². The van der Waals surface area contributed by atoms with Gasteiger partial charge in [-0.15, -0.1) is 0 Å². The highest BCUT2D eigenvalue weighted by molar-refractivity contribution is 5.91. The quantitative estimate of drug-likeness (QED) is 0.780. The Kier molecular flexibility index (Phi) is 3.98. The molecule has 1 saturated heterocycles. The molecule has 7 heteroatoms. The molecule has 3 N–H and O–H groups in total. The Labute approximate surface area is 129 Å². The summed E-state index contributed by atoms with van der Waals surface area (Å²) in [5.41, 5.74) is 5.76. The fourth-order valence-corrected chi connectivity index (χ4v) is 3.17. The molecule has 2 atom stereocenters. The molecule has 2 amide bonds. The minimum absolute atomic E-state index is 0.0179. The van der Waals surface area contributed by atoms with Crippen molar-refractivity contribution in [1.82, 2.24) is 19.8 Å². The van der Waals surface area contributed by atoms with Crippen LogP contribution in [0.15, 0.2) is 18.3 Å². The molecule has 7 nitrogen and oxygen atoms in total. The number of nitrogens with two attached hydrogens (primary N) is 1. The van der Waals surface area contributed by atoms with Crippen molar-refractivity contribution in [2.24, 2.45) is 5.73 Å². The molecule has 2 aliphatic heterocycles. The van der Waals surface area contributed by atoms with Crippen molar-refractivity contribution in [3.8, 4) is 0 Å². The standard InChI is InChI=1S/C15H21N5O2/c1-10-8-19(14(21)5-4-11-3-2-6-17-11)9-13-18-7-12(15(16)22)20(10)13/h4-5,7,10-11,17H,2-3,6,8-9H2,1H3,(H2,16,22)/b5-4+. The second-order valence-corrected chi connectivity index (χ2v) is 5.92. The highest BCUT2D eigenvalue weighted by Crippen LogP contribution is 2.22. The Bertz CT molecular complexity index is 615. The van der Waals surface area contributed by atoms with Gasteiger partial charge in [0.2, 0.25) is 5.91 Å². The van der Waals surface area contributed by atoms with E-state index in [1.807, 2.05) is 17.6 Å². The van der Waals surface area contributed by atoms with Gasteiger partial charge in [0.1, 0.15) is 11.5 Å². The third-order valence-electron chi connectivity index (χ3n) is 4.26. The van der Waals surface area contributed by atoms with Gasteiger partial charge in [-0.1, -0.05) is 6.08 Å². The van der Waals surface area contributed by atoms with Crippen LogP contribution in [0.4, 0.5) is 0 Å². The molecular weight excluding hydrogens is 282 g/mol.